The van der Waals surface area contributed by atoms with Crippen LogP contribution in [0.15, 0.2) is 16.3 Å². The van der Waals surface area contributed by atoms with E-state index >= 15 is 0 Å². The summed E-state index contributed by atoms with van der Waals surface area (Å²) in [6.45, 7) is 2.07. The van der Waals surface area contributed by atoms with Crippen molar-refractivity contribution in [1.82, 2.24) is 5.32 Å². The number of hydrogen-bond donors (Lipinski definition) is 3. The monoisotopic (exact) mass is 194 g/mol. The van der Waals surface area contributed by atoms with Gasteiger partial charge in [-0.1, -0.05) is 0 Å². The Hall–Kier alpha value is -1.16. The molecular formula is C10H18N4. The lowest BCUT2D eigenvalue weighted by molar-refractivity contribution is 0.600. The highest BCUT2D eigenvalue weighted by molar-refractivity contribution is 6.03. The van der Waals surface area contributed by atoms with Crippen LogP contribution in [0.25, 0.3) is 0 Å². The van der Waals surface area contributed by atoms with Crippen molar-refractivity contribution in [1.29, 1.82) is 5.41 Å². The zero-order chi connectivity index (χ0) is 10.6. The van der Waals surface area contributed by atoms with E-state index in [0.717, 1.165) is 30.5 Å². The molecule has 14 heavy (non-hydrogen) atoms. The Labute approximate surface area is 84.8 Å². The minimum atomic E-state index is 0.331. The van der Waals surface area contributed by atoms with Crippen molar-refractivity contribution >= 4 is 12.1 Å². The van der Waals surface area contributed by atoms with Crippen molar-refractivity contribution in [3.05, 3.63) is 11.3 Å². The van der Waals surface area contributed by atoms with Crippen LogP contribution >= 0.6 is 0 Å². The van der Waals surface area contributed by atoms with Gasteiger partial charge in [0.05, 0.1) is 0 Å². The van der Waals surface area contributed by atoms with E-state index in [1.807, 2.05) is 7.05 Å². The fourth-order valence-electron chi connectivity index (χ4n) is 1.43. The number of rotatable bonds is 3. The second kappa shape index (κ2) is 4.91. The Bertz CT molecular complexity index is 278. The molecule has 4 N–H and O–H groups in total. The SMILES string of the molecule is CNC(C)CC(N)=C1CCC=NC1=N. The van der Waals surface area contributed by atoms with Crippen LogP contribution in [0.1, 0.15) is 26.2 Å². The molecule has 0 saturated carbocycles. The molecule has 1 unspecified atom stereocenters. The van der Waals surface area contributed by atoms with Gasteiger partial charge in [-0.15, -0.1) is 0 Å². The van der Waals surface area contributed by atoms with Crippen LogP contribution in [0.2, 0.25) is 0 Å². The average molecular weight is 194 g/mol. The third-order valence-electron chi connectivity index (χ3n) is 2.44. The topological polar surface area (TPSA) is 74.3 Å². The summed E-state index contributed by atoms with van der Waals surface area (Å²) in [5.74, 6) is 0.331. The average Bonchev–Trinajstić information content (AvgIpc) is 2.18. The van der Waals surface area contributed by atoms with Crippen LogP contribution in [0.5, 0.6) is 0 Å². The molecule has 0 radical (unpaired) electrons. The van der Waals surface area contributed by atoms with E-state index in [4.69, 9.17) is 11.1 Å². The van der Waals surface area contributed by atoms with Crippen LogP contribution < -0.4 is 11.1 Å². The Morgan fingerprint density at radius 3 is 3.07 bits per heavy atom. The lowest BCUT2D eigenvalue weighted by Crippen LogP contribution is -2.25. The van der Waals surface area contributed by atoms with Crippen molar-refractivity contribution in [2.45, 2.75) is 32.2 Å². The molecule has 0 bridgehead atoms. The predicted octanol–water partition coefficient (Wildman–Crippen LogP) is 1.04. The number of aliphatic imine (C=N–C) groups is 1. The smallest absolute Gasteiger partial charge is 0.148 e. The van der Waals surface area contributed by atoms with Crippen LogP contribution in [-0.2, 0) is 0 Å². The van der Waals surface area contributed by atoms with Gasteiger partial charge in [0.2, 0.25) is 0 Å². The van der Waals surface area contributed by atoms with Crippen molar-refractivity contribution in [3.63, 3.8) is 0 Å². The first-order chi connectivity index (χ1) is 6.65. The molecule has 1 aliphatic rings. The molecule has 0 amide bonds. The summed E-state index contributed by atoms with van der Waals surface area (Å²) in [6.07, 6.45) is 4.31. The van der Waals surface area contributed by atoms with Gasteiger partial charge in [-0.2, -0.15) is 0 Å². The molecule has 0 spiro atoms. The molecule has 0 aromatic rings. The molecule has 0 aromatic carbocycles. The molecule has 0 saturated heterocycles. The maximum atomic E-state index is 7.62. The van der Waals surface area contributed by atoms with Gasteiger partial charge in [0.25, 0.3) is 0 Å². The summed E-state index contributed by atoms with van der Waals surface area (Å²) in [5, 5.41) is 10.7. The number of hydrogen-bond acceptors (Lipinski definition) is 3. The van der Waals surface area contributed by atoms with E-state index in [-0.39, 0.29) is 0 Å². The van der Waals surface area contributed by atoms with Gasteiger partial charge in [0.15, 0.2) is 0 Å². The van der Waals surface area contributed by atoms with Crippen LogP contribution in [0.3, 0.4) is 0 Å². The number of nitrogens with zero attached hydrogens (tertiary/aromatic N) is 1. The first-order valence-electron chi connectivity index (χ1n) is 4.91. The van der Waals surface area contributed by atoms with E-state index < -0.39 is 0 Å². The van der Waals surface area contributed by atoms with Crippen molar-refractivity contribution in [2.24, 2.45) is 10.7 Å². The molecule has 0 fully saturated rings. The fourth-order valence-corrected chi connectivity index (χ4v) is 1.43. The van der Waals surface area contributed by atoms with Gasteiger partial charge >= 0.3 is 0 Å². The van der Waals surface area contributed by atoms with Gasteiger partial charge in [-0.25, -0.2) is 4.99 Å². The lowest BCUT2D eigenvalue weighted by Gasteiger charge is -2.16. The third kappa shape index (κ3) is 2.67. The normalized spacial score (nSPS) is 22.3. The summed E-state index contributed by atoms with van der Waals surface area (Å²) in [5.41, 5.74) is 7.65. The van der Waals surface area contributed by atoms with E-state index in [0.29, 0.717) is 11.9 Å². The second-order valence-corrected chi connectivity index (χ2v) is 3.60. The van der Waals surface area contributed by atoms with Crippen molar-refractivity contribution in [2.75, 3.05) is 7.05 Å². The highest BCUT2D eigenvalue weighted by Crippen LogP contribution is 2.16. The van der Waals surface area contributed by atoms with Crippen molar-refractivity contribution in [3.8, 4) is 0 Å². The molecule has 1 rings (SSSR count). The first kappa shape index (κ1) is 10.9. The maximum Gasteiger partial charge on any atom is 0.148 e. The van der Waals surface area contributed by atoms with Gasteiger partial charge in [0, 0.05) is 29.9 Å². The molecule has 4 nitrogen and oxygen atoms in total. The van der Waals surface area contributed by atoms with Crippen LogP contribution in [-0.4, -0.2) is 25.1 Å². The largest absolute Gasteiger partial charge is 0.402 e. The van der Waals surface area contributed by atoms with Gasteiger partial charge in [0.1, 0.15) is 5.84 Å². The predicted molar refractivity (Wildman–Crippen MR) is 59.8 cm³/mol. The van der Waals surface area contributed by atoms with Gasteiger partial charge in [-0.3, -0.25) is 5.41 Å². The maximum absolute atomic E-state index is 7.62. The molecule has 0 aromatic heterocycles. The molecule has 1 heterocycles. The number of nitrogens with one attached hydrogen (secondary N) is 2. The standard InChI is InChI=1S/C10H18N4/c1-7(13-2)6-9(11)8-4-3-5-14-10(8)12/h5,7,12-13H,3-4,6,11H2,1-2H3. The van der Waals surface area contributed by atoms with Gasteiger partial charge < -0.3 is 11.1 Å². The van der Waals surface area contributed by atoms with E-state index in [2.05, 4.69) is 17.2 Å². The molecule has 4 heteroatoms. The third-order valence-corrected chi connectivity index (χ3v) is 2.44. The van der Waals surface area contributed by atoms with E-state index in [1.54, 1.807) is 6.21 Å². The molecule has 1 aliphatic heterocycles. The van der Waals surface area contributed by atoms with Crippen LogP contribution in [0, 0.1) is 5.41 Å². The lowest BCUT2D eigenvalue weighted by atomic mass is 10.0. The highest BCUT2D eigenvalue weighted by Gasteiger charge is 2.13. The molecular weight excluding hydrogens is 176 g/mol. The Kier molecular flexibility index (Phi) is 3.83. The molecule has 78 valence electrons. The van der Waals surface area contributed by atoms with Crippen molar-refractivity contribution < 1.29 is 0 Å². The van der Waals surface area contributed by atoms with E-state index in [1.165, 1.54) is 0 Å². The zero-order valence-corrected chi connectivity index (χ0v) is 8.80. The zero-order valence-electron chi connectivity index (χ0n) is 8.80. The Morgan fingerprint density at radius 1 is 1.79 bits per heavy atom. The molecule has 1 atom stereocenters. The quantitative estimate of drug-likeness (QED) is 0.628. The minimum absolute atomic E-state index is 0.331. The summed E-state index contributed by atoms with van der Waals surface area (Å²) >= 11 is 0. The second-order valence-electron chi connectivity index (χ2n) is 3.60. The summed E-state index contributed by atoms with van der Waals surface area (Å²) in [7, 11) is 1.91. The van der Waals surface area contributed by atoms with E-state index in [9.17, 15) is 0 Å². The fraction of sp³-hybridized carbons (Fsp3) is 0.600. The first-order valence-corrected chi connectivity index (χ1v) is 4.91. The Balaban J connectivity index is 2.72. The highest BCUT2D eigenvalue weighted by atomic mass is 14.9. The minimum Gasteiger partial charge on any atom is -0.402 e. The number of nitrogens with two attached hydrogens (primary N) is 1. The molecule has 0 aliphatic carbocycles. The number of amidine groups is 1. The summed E-state index contributed by atoms with van der Waals surface area (Å²) in [4.78, 5) is 3.97. The summed E-state index contributed by atoms with van der Waals surface area (Å²) in [6, 6.07) is 0.348. The van der Waals surface area contributed by atoms with Crippen LogP contribution in [0.4, 0.5) is 0 Å². The van der Waals surface area contributed by atoms with Gasteiger partial charge in [-0.05, 0) is 26.8 Å². The summed E-state index contributed by atoms with van der Waals surface area (Å²) < 4.78 is 0. The Morgan fingerprint density at radius 2 is 2.50 bits per heavy atom.